The first-order valence-electron chi connectivity index (χ1n) is 8.59. The molecule has 0 aliphatic carbocycles. The van der Waals surface area contributed by atoms with Crippen molar-refractivity contribution in [3.8, 4) is 5.75 Å². The fourth-order valence-electron chi connectivity index (χ4n) is 3.19. The molecular weight excluding hydrogens is 316 g/mol. The summed E-state index contributed by atoms with van der Waals surface area (Å²) in [6, 6.07) is 9.97. The summed E-state index contributed by atoms with van der Waals surface area (Å²) in [6.07, 6.45) is 3.48. The molecule has 4 rings (SSSR count). The zero-order valence-corrected chi connectivity index (χ0v) is 14.4. The number of piperazine rings is 1. The molecule has 0 amide bonds. The highest BCUT2D eigenvalue weighted by molar-refractivity contribution is 5.86. The first-order valence-corrected chi connectivity index (χ1v) is 8.59. The molecule has 0 bridgehead atoms. The highest BCUT2D eigenvalue weighted by Crippen LogP contribution is 2.23. The molecule has 0 atom stereocenters. The third kappa shape index (κ3) is 3.41. The Morgan fingerprint density at radius 2 is 1.84 bits per heavy atom. The lowest BCUT2D eigenvalue weighted by atomic mass is 10.3. The van der Waals surface area contributed by atoms with Crippen LogP contribution in [0.15, 0.2) is 42.9 Å². The molecule has 1 saturated heterocycles. The zero-order chi connectivity index (χ0) is 17.1. The highest BCUT2D eigenvalue weighted by atomic mass is 16.5. The van der Waals surface area contributed by atoms with Gasteiger partial charge in [-0.25, -0.2) is 9.97 Å². The van der Waals surface area contributed by atoms with Gasteiger partial charge in [0, 0.05) is 39.8 Å². The van der Waals surface area contributed by atoms with Gasteiger partial charge in [-0.1, -0.05) is 18.2 Å². The molecule has 3 heterocycles. The number of hydrogen-bond acceptors (Lipinski definition) is 6. The normalized spacial score (nSPS) is 15.6. The molecule has 1 fully saturated rings. The lowest BCUT2D eigenvalue weighted by molar-refractivity contribution is 0.200. The lowest BCUT2D eigenvalue weighted by Crippen LogP contribution is -2.47. The predicted molar refractivity (Wildman–Crippen MR) is 96.9 cm³/mol. The van der Waals surface area contributed by atoms with Gasteiger partial charge in [-0.2, -0.15) is 5.10 Å². The van der Waals surface area contributed by atoms with E-state index in [1.165, 1.54) is 0 Å². The Hall–Kier alpha value is -2.67. The van der Waals surface area contributed by atoms with E-state index < -0.39 is 0 Å². The number of aryl methyl sites for hydroxylation is 1. The van der Waals surface area contributed by atoms with Crippen LogP contribution in [-0.2, 0) is 7.05 Å². The fraction of sp³-hybridized carbons (Fsp3) is 0.389. The van der Waals surface area contributed by atoms with Crippen LogP contribution in [0.4, 0.5) is 5.82 Å². The Morgan fingerprint density at radius 1 is 1.04 bits per heavy atom. The number of nitrogens with zero attached hydrogens (tertiary/aromatic N) is 6. The van der Waals surface area contributed by atoms with Gasteiger partial charge in [0.2, 0.25) is 0 Å². The van der Waals surface area contributed by atoms with Crippen LogP contribution < -0.4 is 9.64 Å². The highest BCUT2D eigenvalue weighted by Gasteiger charge is 2.20. The van der Waals surface area contributed by atoms with E-state index in [0.29, 0.717) is 6.61 Å². The van der Waals surface area contributed by atoms with Crippen molar-refractivity contribution in [1.82, 2.24) is 24.6 Å². The van der Waals surface area contributed by atoms with E-state index in [0.717, 1.165) is 55.3 Å². The summed E-state index contributed by atoms with van der Waals surface area (Å²) >= 11 is 0. The number of ether oxygens (including phenoxy) is 1. The number of anilines is 1. The summed E-state index contributed by atoms with van der Waals surface area (Å²) in [4.78, 5) is 13.6. The first-order chi connectivity index (χ1) is 12.3. The number of rotatable bonds is 5. The Morgan fingerprint density at radius 3 is 2.64 bits per heavy atom. The summed E-state index contributed by atoms with van der Waals surface area (Å²) < 4.78 is 7.58. The number of para-hydroxylation sites is 1. The molecular formula is C18H22N6O. The van der Waals surface area contributed by atoms with E-state index in [1.54, 1.807) is 11.0 Å². The molecule has 1 aromatic carbocycles. The third-order valence-corrected chi connectivity index (χ3v) is 4.60. The van der Waals surface area contributed by atoms with E-state index in [1.807, 2.05) is 43.6 Å². The second-order valence-corrected chi connectivity index (χ2v) is 6.19. The smallest absolute Gasteiger partial charge is 0.163 e. The summed E-state index contributed by atoms with van der Waals surface area (Å²) in [5, 5.41) is 5.32. The average molecular weight is 338 g/mol. The van der Waals surface area contributed by atoms with Crippen molar-refractivity contribution in [2.45, 2.75) is 0 Å². The van der Waals surface area contributed by atoms with Gasteiger partial charge >= 0.3 is 0 Å². The Bertz CT molecular complexity index is 826. The topological polar surface area (TPSA) is 59.3 Å². The van der Waals surface area contributed by atoms with Crippen molar-refractivity contribution < 1.29 is 4.74 Å². The van der Waals surface area contributed by atoms with Crippen molar-refractivity contribution in [2.75, 3.05) is 44.2 Å². The Labute approximate surface area is 146 Å². The molecule has 0 N–H and O–H groups in total. The summed E-state index contributed by atoms with van der Waals surface area (Å²) in [6.45, 7) is 5.56. The molecule has 1 aliphatic heterocycles. The van der Waals surface area contributed by atoms with Gasteiger partial charge < -0.3 is 9.64 Å². The summed E-state index contributed by atoms with van der Waals surface area (Å²) in [5.74, 6) is 1.92. The van der Waals surface area contributed by atoms with E-state index in [4.69, 9.17) is 4.74 Å². The first kappa shape index (κ1) is 15.8. The van der Waals surface area contributed by atoms with Gasteiger partial charge in [-0.3, -0.25) is 9.58 Å². The van der Waals surface area contributed by atoms with Crippen LogP contribution in [-0.4, -0.2) is 64.0 Å². The minimum absolute atomic E-state index is 0.713. The standard InChI is InChI=1S/C18H22N6O/c1-22-17-16(13-21-22)18(20-14-19-17)24-9-7-23(8-10-24)11-12-25-15-5-3-2-4-6-15/h2-6,13-14H,7-12H2,1H3. The molecule has 0 saturated carbocycles. The maximum atomic E-state index is 5.79. The van der Waals surface area contributed by atoms with Crippen LogP contribution in [0.1, 0.15) is 0 Å². The van der Waals surface area contributed by atoms with Gasteiger partial charge in [0.1, 0.15) is 24.5 Å². The van der Waals surface area contributed by atoms with Gasteiger partial charge in [-0.05, 0) is 12.1 Å². The van der Waals surface area contributed by atoms with Crippen molar-refractivity contribution in [3.05, 3.63) is 42.9 Å². The quantitative estimate of drug-likeness (QED) is 0.704. The minimum Gasteiger partial charge on any atom is -0.492 e. The van der Waals surface area contributed by atoms with Crippen molar-refractivity contribution >= 4 is 16.9 Å². The van der Waals surface area contributed by atoms with Crippen LogP contribution in [0.25, 0.3) is 11.0 Å². The maximum absolute atomic E-state index is 5.79. The second kappa shape index (κ2) is 7.06. The molecule has 25 heavy (non-hydrogen) atoms. The molecule has 2 aromatic heterocycles. The van der Waals surface area contributed by atoms with E-state index in [-0.39, 0.29) is 0 Å². The van der Waals surface area contributed by atoms with Crippen molar-refractivity contribution in [2.24, 2.45) is 7.05 Å². The van der Waals surface area contributed by atoms with Crippen LogP contribution >= 0.6 is 0 Å². The monoisotopic (exact) mass is 338 g/mol. The molecule has 7 heteroatoms. The number of fused-ring (bicyclic) bond motifs is 1. The third-order valence-electron chi connectivity index (χ3n) is 4.60. The molecule has 1 aliphatic rings. The molecule has 0 unspecified atom stereocenters. The van der Waals surface area contributed by atoms with E-state index in [9.17, 15) is 0 Å². The Balaban J connectivity index is 1.32. The zero-order valence-electron chi connectivity index (χ0n) is 14.4. The largest absolute Gasteiger partial charge is 0.492 e. The van der Waals surface area contributed by atoms with Crippen LogP contribution in [0.3, 0.4) is 0 Å². The Kier molecular flexibility index (Phi) is 4.47. The van der Waals surface area contributed by atoms with Gasteiger partial charge in [0.25, 0.3) is 0 Å². The summed E-state index contributed by atoms with van der Waals surface area (Å²) in [5.41, 5.74) is 0.878. The molecule has 130 valence electrons. The predicted octanol–water partition coefficient (Wildman–Crippen LogP) is 1.56. The fourth-order valence-corrected chi connectivity index (χ4v) is 3.19. The molecule has 0 spiro atoms. The maximum Gasteiger partial charge on any atom is 0.163 e. The average Bonchev–Trinajstić information content (AvgIpc) is 3.05. The van der Waals surface area contributed by atoms with Crippen LogP contribution in [0, 0.1) is 0 Å². The SMILES string of the molecule is Cn1ncc2c(N3CCN(CCOc4ccccc4)CC3)ncnc21. The van der Waals surface area contributed by atoms with Crippen molar-refractivity contribution in [1.29, 1.82) is 0 Å². The van der Waals surface area contributed by atoms with Crippen molar-refractivity contribution in [3.63, 3.8) is 0 Å². The van der Waals surface area contributed by atoms with Crippen LogP contribution in [0.5, 0.6) is 5.75 Å². The van der Waals surface area contributed by atoms with E-state index >= 15 is 0 Å². The van der Waals surface area contributed by atoms with Crippen LogP contribution in [0.2, 0.25) is 0 Å². The molecule has 7 nitrogen and oxygen atoms in total. The summed E-state index contributed by atoms with van der Waals surface area (Å²) in [7, 11) is 1.91. The minimum atomic E-state index is 0.713. The van der Waals surface area contributed by atoms with Gasteiger partial charge in [0.05, 0.1) is 11.6 Å². The number of benzene rings is 1. The molecule has 3 aromatic rings. The lowest BCUT2D eigenvalue weighted by Gasteiger charge is -2.35. The second-order valence-electron chi connectivity index (χ2n) is 6.19. The van der Waals surface area contributed by atoms with Gasteiger partial charge in [0.15, 0.2) is 5.65 Å². The molecule has 0 radical (unpaired) electrons. The number of hydrogen-bond donors (Lipinski definition) is 0. The van der Waals surface area contributed by atoms with Gasteiger partial charge in [-0.15, -0.1) is 0 Å². The van der Waals surface area contributed by atoms with E-state index in [2.05, 4.69) is 24.9 Å². The number of aromatic nitrogens is 4.